The van der Waals surface area contributed by atoms with E-state index in [1.54, 1.807) is 11.6 Å². The molecular weight excluding hydrogens is 210 g/mol. The first-order chi connectivity index (χ1) is 6.29. The molecule has 4 nitrogen and oxygen atoms in total. The molecule has 0 aliphatic carbocycles. The van der Waals surface area contributed by atoms with Crippen molar-refractivity contribution in [2.24, 2.45) is 0 Å². The van der Waals surface area contributed by atoms with Gasteiger partial charge in [0.05, 0.1) is 17.4 Å². The summed E-state index contributed by atoms with van der Waals surface area (Å²) in [6.07, 6.45) is 3.85. The lowest BCUT2D eigenvalue weighted by Crippen LogP contribution is -1.94. The molecule has 0 atom stereocenters. The van der Waals surface area contributed by atoms with Crippen molar-refractivity contribution in [2.45, 2.75) is 0 Å². The van der Waals surface area contributed by atoms with Gasteiger partial charge in [-0.3, -0.25) is 4.79 Å². The van der Waals surface area contributed by atoms with Crippen LogP contribution in [-0.4, -0.2) is 21.1 Å². The molecule has 0 spiro atoms. The number of hydrogen-bond acceptors (Lipinski definition) is 4. The Morgan fingerprint density at radius 3 is 3.00 bits per heavy atom. The van der Waals surface area contributed by atoms with Crippen molar-refractivity contribution in [1.82, 2.24) is 14.8 Å². The van der Waals surface area contributed by atoms with Gasteiger partial charge in [0.25, 0.3) is 0 Å². The van der Waals surface area contributed by atoms with E-state index in [2.05, 4.69) is 10.1 Å². The number of nitrogens with zero attached hydrogens (tertiary/aromatic N) is 3. The fourth-order valence-electron chi connectivity index (χ4n) is 0.864. The van der Waals surface area contributed by atoms with E-state index in [1.165, 1.54) is 22.2 Å². The summed E-state index contributed by atoms with van der Waals surface area (Å²) in [5.74, 6) is 0.610. The van der Waals surface area contributed by atoms with Crippen molar-refractivity contribution in [3.05, 3.63) is 27.8 Å². The van der Waals surface area contributed by atoms with Gasteiger partial charge in [-0.05, 0) is 0 Å². The predicted molar refractivity (Wildman–Crippen MR) is 49.6 cm³/mol. The Labute approximate surface area is 82.8 Å². The molecular formula is C7H4ClN3OS. The minimum Gasteiger partial charge on any atom is -0.295 e. The first-order valence-electron chi connectivity index (χ1n) is 3.41. The molecule has 0 unspecified atom stereocenters. The van der Waals surface area contributed by atoms with Crippen LogP contribution < -0.4 is 0 Å². The normalized spacial score (nSPS) is 10.2. The van der Waals surface area contributed by atoms with Crippen LogP contribution in [0.5, 0.6) is 0 Å². The number of carbonyl (C=O) groups excluding carboxylic acids is 1. The Morgan fingerprint density at radius 1 is 1.62 bits per heavy atom. The Kier molecular flexibility index (Phi) is 2.12. The third-order valence-corrected chi connectivity index (χ3v) is 2.35. The summed E-state index contributed by atoms with van der Waals surface area (Å²) in [4.78, 5) is 14.4. The summed E-state index contributed by atoms with van der Waals surface area (Å²) in [6, 6.07) is 0. The topological polar surface area (TPSA) is 47.8 Å². The molecule has 0 radical (unpaired) electrons. The lowest BCUT2D eigenvalue weighted by Gasteiger charge is -1.91. The summed E-state index contributed by atoms with van der Waals surface area (Å²) in [5.41, 5.74) is 0. The zero-order valence-corrected chi connectivity index (χ0v) is 7.92. The minimum absolute atomic E-state index is 0.432. The summed E-state index contributed by atoms with van der Waals surface area (Å²) in [7, 11) is 0. The van der Waals surface area contributed by atoms with Gasteiger partial charge in [-0.2, -0.15) is 5.10 Å². The number of rotatable bonds is 2. The lowest BCUT2D eigenvalue weighted by atomic mass is 10.7. The van der Waals surface area contributed by atoms with Crippen LogP contribution in [0.25, 0.3) is 5.82 Å². The Hall–Kier alpha value is -1.20. The van der Waals surface area contributed by atoms with E-state index in [9.17, 15) is 4.79 Å². The standard InChI is InChI=1S/C7H4ClN3OS/c8-5-1-9-11(2-5)6-4-13-7(3-12)10-6/h1-4H. The molecule has 6 heteroatoms. The molecule has 2 heterocycles. The highest BCUT2D eigenvalue weighted by molar-refractivity contribution is 7.11. The van der Waals surface area contributed by atoms with Crippen LogP contribution in [0.4, 0.5) is 0 Å². The average molecular weight is 214 g/mol. The molecule has 0 saturated carbocycles. The highest BCUT2D eigenvalue weighted by Gasteiger charge is 2.03. The molecule has 0 fully saturated rings. The third kappa shape index (κ3) is 1.61. The summed E-state index contributed by atoms with van der Waals surface area (Å²) < 4.78 is 1.52. The predicted octanol–water partition coefficient (Wildman–Crippen LogP) is 1.79. The molecule has 0 N–H and O–H groups in total. The molecule has 0 bridgehead atoms. The first-order valence-corrected chi connectivity index (χ1v) is 4.66. The van der Waals surface area contributed by atoms with Crippen LogP contribution in [0.15, 0.2) is 17.8 Å². The Morgan fingerprint density at radius 2 is 2.46 bits per heavy atom. The van der Waals surface area contributed by atoms with Crippen molar-refractivity contribution in [2.75, 3.05) is 0 Å². The van der Waals surface area contributed by atoms with Crippen molar-refractivity contribution in [1.29, 1.82) is 0 Å². The van der Waals surface area contributed by atoms with Crippen LogP contribution >= 0.6 is 22.9 Å². The zero-order chi connectivity index (χ0) is 9.26. The molecule has 0 amide bonds. The molecule has 0 aromatic carbocycles. The van der Waals surface area contributed by atoms with Crippen molar-refractivity contribution in [3.63, 3.8) is 0 Å². The fourth-order valence-corrected chi connectivity index (χ4v) is 1.59. The van der Waals surface area contributed by atoms with Gasteiger partial charge in [0.1, 0.15) is 0 Å². The molecule has 2 aromatic heterocycles. The Bertz CT molecular complexity index is 436. The summed E-state index contributed by atoms with van der Waals surface area (Å²) in [5, 5.41) is 6.66. The van der Waals surface area contributed by atoms with E-state index < -0.39 is 0 Å². The van der Waals surface area contributed by atoms with E-state index in [4.69, 9.17) is 11.6 Å². The van der Waals surface area contributed by atoms with E-state index in [1.807, 2.05) is 0 Å². The largest absolute Gasteiger partial charge is 0.295 e. The average Bonchev–Trinajstić information content (AvgIpc) is 2.71. The monoisotopic (exact) mass is 213 g/mol. The van der Waals surface area contributed by atoms with Crippen LogP contribution in [0.1, 0.15) is 9.80 Å². The number of halogens is 1. The van der Waals surface area contributed by atoms with Gasteiger partial charge in [-0.1, -0.05) is 11.6 Å². The van der Waals surface area contributed by atoms with E-state index >= 15 is 0 Å². The number of thiazole rings is 1. The fraction of sp³-hybridized carbons (Fsp3) is 0. The minimum atomic E-state index is 0.432. The van der Waals surface area contributed by atoms with Crippen LogP contribution in [0.3, 0.4) is 0 Å². The smallest absolute Gasteiger partial charge is 0.178 e. The second kappa shape index (κ2) is 3.27. The lowest BCUT2D eigenvalue weighted by molar-refractivity contribution is 0.112. The third-order valence-electron chi connectivity index (χ3n) is 1.40. The molecule has 2 rings (SSSR count). The number of aromatic nitrogens is 3. The number of hydrogen-bond donors (Lipinski definition) is 0. The molecule has 13 heavy (non-hydrogen) atoms. The van der Waals surface area contributed by atoms with Gasteiger partial charge in [0.15, 0.2) is 17.1 Å². The Balaban J connectivity index is 2.40. The van der Waals surface area contributed by atoms with Crippen molar-refractivity contribution in [3.8, 4) is 5.82 Å². The molecule has 66 valence electrons. The van der Waals surface area contributed by atoms with Crippen molar-refractivity contribution < 1.29 is 4.79 Å². The van der Waals surface area contributed by atoms with E-state index in [0.717, 1.165) is 0 Å². The second-order valence-electron chi connectivity index (χ2n) is 2.26. The maximum absolute atomic E-state index is 10.3. The van der Waals surface area contributed by atoms with Crippen LogP contribution in [-0.2, 0) is 0 Å². The van der Waals surface area contributed by atoms with Gasteiger partial charge in [0.2, 0.25) is 0 Å². The van der Waals surface area contributed by atoms with Gasteiger partial charge in [-0.25, -0.2) is 9.67 Å². The van der Waals surface area contributed by atoms with Crippen molar-refractivity contribution >= 4 is 29.2 Å². The SMILES string of the molecule is O=Cc1nc(-n2cc(Cl)cn2)cs1. The van der Waals surface area contributed by atoms with Gasteiger partial charge in [-0.15, -0.1) is 11.3 Å². The highest BCUT2D eigenvalue weighted by Crippen LogP contribution is 2.13. The molecule has 0 aliphatic rings. The maximum atomic E-state index is 10.3. The van der Waals surface area contributed by atoms with Gasteiger partial charge >= 0.3 is 0 Å². The maximum Gasteiger partial charge on any atom is 0.178 e. The van der Waals surface area contributed by atoms with Crippen LogP contribution in [0, 0.1) is 0 Å². The molecule has 0 saturated heterocycles. The van der Waals surface area contributed by atoms with E-state index in [-0.39, 0.29) is 0 Å². The molecule has 0 aliphatic heterocycles. The summed E-state index contributed by atoms with van der Waals surface area (Å²) >= 11 is 6.94. The first kappa shape index (κ1) is 8.40. The highest BCUT2D eigenvalue weighted by atomic mass is 35.5. The van der Waals surface area contributed by atoms with E-state index in [0.29, 0.717) is 22.1 Å². The van der Waals surface area contributed by atoms with Gasteiger partial charge in [0, 0.05) is 5.38 Å². The second-order valence-corrected chi connectivity index (χ2v) is 3.59. The molecule has 2 aromatic rings. The number of carbonyl (C=O) groups is 1. The summed E-state index contributed by atoms with van der Waals surface area (Å²) in [6.45, 7) is 0. The number of aldehydes is 1. The van der Waals surface area contributed by atoms with Crippen LogP contribution in [0.2, 0.25) is 5.02 Å². The quantitative estimate of drug-likeness (QED) is 0.715. The zero-order valence-electron chi connectivity index (χ0n) is 6.35. The van der Waals surface area contributed by atoms with Gasteiger partial charge < -0.3 is 0 Å².